The van der Waals surface area contributed by atoms with Crippen LogP contribution in [0, 0.1) is 10.1 Å². The van der Waals surface area contributed by atoms with E-state index in [2.05, 4.69) is 10.5 Å². The minimum atomic E-state index is -0.699. The van der Waals surface area contributed by atoms with Gasteiger partial charge in [-0.1, -0.05) is 12.1 Å². The van der Waals surface area contributed by atoms with Crippen LogP contribution in [0.3, 0.4) is 0 Å². The second-order valence-corrected chi connectivity index (χ2v) is 4.82. The van der Waals surface area contributed by atoms with E-state index in [4.69, 9.17) is 4.74 Å². The predicted octanol–water partition coefficient (Wildman–Crippen LogP) is 2.00. The molecule has 0 aliphatic heterocycles. The molecule has 24 heavy (non-hydrogen) atoms. The number of nitro benzene ring substituents is 1. The maximum Gasteiger partial charge on any atom is 0.311 e. The standard InChI is InChI=1S/C16H15N3O5/c1-24-13-5-2-11(3-6-13)9-16(21)18-17-10-12-4-7-15(20)14(8-12)19(22)23/h2-8,10,20H,9H2,1H3,(H,18,21)/b17-10-. The number of nitro groups is 1. The summed E-state index contributed by atoms with van der Waals surface area (Å²) in [6, 6.07) is 10.8. The van der Waals surface area contributed by atoms with E-state index in [1.165, 1.54) is 18.3 Å². The number of nitrogens with zero attached hydrogens (tertiary/aromatic N) is 2. The summed E-state index contributed by atoms with van der Waals surface area (Å²) in [5.41, 5.74) is 3.09. The van der Waals surface area contributed by atoms with Crippen molar-refractivity contribution in [3.05, 3.63) is 63.7 Å². The Bertz CT molecular complexity index is 772. The summed E-state index contributed by atoms with van der Waals surface area (Å²) in [7, 11) is 1.56. The van der Waals surface area contributed by atoms with Crippen molar-refractivity contribution < 1.29 is 19.6 Å². The average molecular weight is 329 g/mol. The monoisotopic (exact) mass is 329 g/mol. The molecule has 2 aromatic rings. The molecule has 0 bridgehead atoms. The molecule has 0 aromatic heterocycles. The summed E-state index contributed by atoms with van der Waals surface area (Å²) in [6.45, 7) is 0. The van der Waals surface area contributed by atoms with Gasteiger partial charge in [-0.25, -0.2) is 5.43 Å². The SMILES string of the molecule is COc1ccc(CC(=O)N/N=C\c2ccc(O)c([N+](=O)[O-])c2)cc1. The van der Waals surface area contributed by atoms with Crippen molar-refractivity contribution in [2.75, 3.05) is 7.11 Å². The Balaban J connectivity index is 1.94. The van der Waals surface area contributed by atoms with Gasteiger partial charge in [0.15, 0.2) is 5.75 Å². The van der Waals surface area contributed by atoms with Crippen molar-refractivity contribution >= 4 is 17.8 Å². The number of rotatable bonds is 6. The van der Waals surface area contributed by atoms with Gasteiger partial charge in [-0.3, -0.25) is 14.9 Å². The number of ether oxygens (including phenoxy) is 1. The molecule has 0 fully saturated rings. The minimum Gasteiger partial charge on any atom is -0.502 e. The van der Waals surface area contributed by atoms with E-state index in [0.29, 0.717) is 11.3 Å². The zero-order chi connectivity index (χ0) is 17.5. The molecular formula is C16H15N3O5. The normalized spacial score (nSPS) is 10.5. The van der Waals surface area contributed by atoms with E-state index in [9.17, 15) is 20.0 Å². The highest BCUT2D eigenvalue weighted by molar-refractivity contribution is 5.84. The number of aromatic hydroxyl groups is 1. The van der Waals surface area contributed by atoms with Crippen molar-refractivity contribution in [2.24, 2.45) is 5.10 Å². The molecule has 8 heteroatoms. The summed E-state index contributed by atoms with van der Waals surface area (Å²) in [5.74, 6) is -0.0588. The van der Waals surface area contributed by atoms with Gasteiger partial charge in [0.05, 0.1) is 24.7 Å². The fraction of sp³-hybridized carbons (Fsp3) is 0.125. The number of hydrogen-bond donors (Lipinski definition) is 2. The Hall–Kier alpha value is -3.42. The number of hydrogen-bond acceptors (Lipinski definition) is 6. The lowest BCUT2D eigenvalue weighted by molar-refractivity contribution is -0.385. The topological polar surface area (TPSA) is 114 Å². The number of carbonyl (C=O) groups is 1. The van der Waals surface area contributed by atoms with Crippen LogP contribution in [0.1, 0.15) is 11.1 Å². The van der Waals surface area contributed by atoms with E-state index in [1.54, 1.807) is 31.4 Å². The molecule has 0 saturated carbocycles. The number of benzene rings is 2. The highest BCUT2D eigenvalue weighted by Crippen LogP contribution is 2.25. The van der Waals surface area contributed by atoms with Crippen molar-refractivity contribution in [1.29, 1.82) is 0 Å². The van der Waals surface area contributed by atoms with Gasteiger partial charge in [0.1, 0.15) is 5.75 Å². The van der Waals surface area contributed by atoms with Crippen LogP contribution in [0.4, 0.5) is 5.69 Å². The fourth-order valence-corrected chi connectivity index (χ4v) is 1.91. The van der Waals surface area contributed by atoms with E-state index in [0.717, 1.165) is 11.6 Å². The first kappa shape index (κ1) is 16.9. The second-order valence-electron chi connectivity index (χ2n) is 4.82. The second kappa shape index (κ2) is 7.73. The quantitative estimate of drug-likeness (QED) is 0.478. The lowest BCUT2D eigenvalue weighted by Crippen LogP contribution is -2.19. The van der Waals surface area contributed by atoms with Gasteiger partial charge in [-0.05, 0) is 29.8 Å². The van der Waals surface area contributed by atoms with Crippen LogP contribution in [0.2, 0.25) is 0 Å². The Morgan fingerprint density at radius 2 is 2.04 bits per heavy atom. The molecule has 0 aliphatic carbocycles. The third-order valence-corrected chi connectivity index (χ3v) is 3.12. The van der Waals surface area contributed by atoms with Crippen molar-refractivity contribution in [3.8, 4) is 11.5 Å². The lowest BCUT2D eigenvalue weighted by atomic mass is 10.1. The molecule has 2 N–H and O–H groups in total. The summed E-state index contributed by atoms with van der Waals surface area (Å²) in [5, 5.41) is 23.8. The van der Waals surface area contributed by atoms with Crippen molar-refractivity contribution in [3.63, 3.8) is 0 Å². The molecular weight excluding hydrogens is 314 g/mol. The smallest absolute Gasteiger partial charge is 0.311 e. The van der Waals surface area contributed by atoms with Gasteiger partial charge < -0.3 is 9.84 Å². The molecule has 0 atom stereocenters. The van der Waals surface area contributed by atoms with E-state index < -0.39 is 16.4 Å². The first-order valence-electron chi connectivity index (χ1n) is 6.92. The summed E-state index contributed by atoms with van der Waals surface area (Å²) >= 11 is 0. The molecule has 0 aliphatic rings. The molecule has 0 spiro atoms. The Morgan fingerprint density at radius 1 is 1.33 bits per heavy atom. The molecule has 1 amide bonds. The van der Waals surface area contributed by atoms with E-state index in [-0.39, 0.29) is 12.3 Å². The highest BCUT2D eigenvalue weighted by Gasteiger charge is 2.12. The number of methoxy groups -OCH3 is 1. The van der Waals surface area contributed by atoms with Gasteiger partial charge in [0.25, 0.3) is 0 Å². The van der Waals surface area contributed by atoms with Gasteiger partial charge in [-0.15, -0.1) is 0 Å². The predicted molar refractivity (Wildman–Crippen MR) is 87.2 cm³/mol. The van der Waals surface area contributed by atoms with Crippen LogP contribution in [0.15, 0.2) is 47.6 Å². The third-order valence-electron chi connectivity index (χ3n) is 3.12. The van der Waals surface area contributed by atoms with Gasteiger partial charge >= 0.3 is 5.69 Å². The fourth-order valence-electron chi connectivity index (χ4n) is 1.91. The maximum atomic E-state index is 11.8. The van der Waals surface area contributed by atoms with E-state index in [1.807, 2.05) is 0 Å². The lowest BCUT2D eigenvalue weighted by Gasteiger charge is -2.03. The number of carbonyl (C=O) groups excluding carboxylic acids is 1. The molecule has 0 saturated heterocycles. The van der Waals surface area contributed by atoms with Gasteiger partial charge in [0.2, 0.25) is 5.91 Å². The van der Waals surface area contributed by atoms with Crippen molar-refractivity contribution in [1.82, 2.24) is 5.43 Å². The molecule has 0 unspecified atom stereocenters. The number of phenolic OH excluding ortho intramolecular Hbond substituents is 1. The molecule has 8 nitrogen and oxygen atoms in total. The van der Waals surface area contributed by atoms with Crippen LogP contribution in [0.5, 0.6) is 11.5 Å². The molecule has 124 valence electrons. The van der Waals surface area contributed by atoms with Gasteiger partial charge in [-0.2, -0.15) is 5.10 Å². The first-order chi connectivity index (χ1) is 11.5. The highest BCUT2D eigenvalue weighted by atomic mass is 16.6. The van der Waals surface area contributed by atoms with Crippen LogP contribution in [-0.4, -0.2) is 29.3 Å². The molecule has 2 aromatic carbocycles. The number of phenols is 1. The van der Waals surface area contributed by atoms with Crippen LogP contribution in [-0.2, 0) is 11.2 Å². The van der Waals surface area contributed by atoms with Crippen LogP contribution >= 0.6 is 0 Å². The number of nitrogens with one attached hydrogen (secondary N) is 1. The summed E-state index contributed by atoms with van der Waals surface area (Å²) in [4.78, 5) is 21.8. The number of amides is 1. The van der Waals surface area contributed by atoms with Crippen molar-refractivity contribution in [2.45, 2.75) is 6.42 Å². The largest absolute Gasteiger partial charge is 0.502 e. The Kier molecular flexibility index (Phi) is 5.45. The minimum absolute atomic E-state index is 0.136. The van der Waals surface area contributed by atoms with E-state index >= 15 is 0 Å². The summed E-state index contributed by atoms with van der Waals surface area (Å²) in [6.07, 6.45) is 1.40. The zero-order valence-corrected chi connectivity index (χ0v) is 12.8. The molecule has 0 heterocycles. The zero-order valence-electron chi connectivity index (χ0n) is 12.8. The Labute approximate surface area is 137 Å². The maximum absolute atomic E-state index is 11.8. The molecule has 2 rings (SSSR count). The van der Waals surface area contributed by atoms with Crippen LogP contribution < -0.4 is 10.2 Å². The summed E-state index contributed by atoms with van der Waals surface area (Å²) < 4.78 is 5.03. The van der Waals surface area contributed by atoms with Gasteiger partial charge in [0, 0.05) is 11.6 Å². The number of hydrazone groups is 1. The van der Waals surface area contributed by atoms with Crippen LogP contribution in [0.25, 0.3) is 0 Å². The molecule has 0 radical (unpaired) electrons. The average Bonchev–Trinajstić information content (AvgIpc) is 2.57. The Morgan fingerprint density at radius 3 is 2.67 bits per heavy atom. The third kappa shape index (κ3) is 4.54. The first-order valence-corrected chi connectivity index (χ1v) is 6.92.